The first-order chi connectivity index (χ1) is 8.08. The van der Waals surface area contributed by atoms with Crippen molar-refractivity contribution >= 4 is 29.2 Å². The Hall–Kier alpha value is -0.930. The molecule has 0 unspecified atom stereocenters. The van der Waals surface area contributed by atoms with Gasteiger partial charge in [0, 0.05) is 6.42 Å². The molecule has 94 valence electrons. The molecule has 0 aliphatic carbocycles. The maximum atomic E-state index is 11.0. The van der Waals surface area contributed by atoms with Gasteiger partial charge in [0.2, 0.25) is 0 Å². The van der Waals surface area contributed by atoms with Crippen molar-refractivity contribution in [3.63, 3.8) is 0 Å². The lowest BCUT2D eigenvalue weighted by Gasteiger charge is -2.10. The van der Waals surface area contributed by atoms with E-state index in [-0.39, 0.29) is 12.6 Å². The fourth-order valence-electron chi connectivity index (χ4n) is 1.24. The number of hydrogen-bond donors (Lipinski definition) is 0. The third-order valence-corrected chi connectivity index (χ3v) is 2.60. The molecule has 0 heterocycles. The van der Waals surface area contributed by atoms with E-state index < -0.39 is 0 Å². The van der Waals surface area contributed by atoms with Crippen LogP contribution in [0.3, 0.4) is 0 Å². The number of hydrogen-bond acceptors (Lipinski definition) is 3. The van der Waals surface area contributed by atoms with Crippen LogP contribution in [0.25, 0.3) is 0 Å². The minimum absolute atomic E-state index is 0.165. The van der Waals surface area contributed by atoms with Crippen molar-refractivity contribution in [3.05, 3.63) is 27.7 Å². The topological polar surface area (TPSA) is 35.5 Å². The predicted octanol–water partition coefficient (Wildman–Crippen LogP) is 3.85. The van der Waals surface area contributed by atoms with Crippen molar-refractivity contribution in [2.75, 3.05) is 6.61 Å². The quantitative estimate of drug-likeness (QED) is 0.767. The summed E-state index contributed by atoms with van der Waals surface area (Å²) in [6.07, 6.45) is 0.346. The fourth-order valence-corrected chi connectivity index (χ4v) is 1.89. The van der Waals surface area contributed by atoms with Crippen LogP contribution in [0.5, 0.6) is 5.75 Å². The first kappa shape index (κ1) is 14.1. The van der Waals surface area contributed by atoms with Gasteiger partial charge in [0.05, 0.1) is 16.7 Å². The number of rotatable bonds is 5. The Morgan fingerprint density at radius 2 is 1.82 bits per heavy atom. The normalized spacial score (nSPS) is 10.1. The van der Waals surface area contributed by atoms with Crippen molar-refractivity contribution in [2.24, 2.45) is 0 Å². The maximum Gasteiger partial charge on any atom is 0.305 e. The number of benzene rings is 1. The summed E-state index contributed by atoms with van der Waals surface area (Å²) < 4.78 is 10.3. The van der Waals surface area contributed by atoms with Crippen LogP contribution in [0.4, 0.5) is 0 Å². The molecule has 3 nitrogen and oxygen atoms in total. The van der Waals surface area contributed by atoms with Gasteiger partial charge in [-0.1, -0.05) is 30.1 Å². The number of carbonyl (C=O) groups excluding carboxylic acids is 1. The lowest BCUT2D eigenvalue weighted by Crippen LogP contribution is -2.03. The van der Waals surface area contributed by atoms with E-state index in [1.807, 2.05) is 6.92 Å². The van der Waals surface area contributed by atoms with E-state index >= 15 is 0 Å². The fraction of sp³-hybridized carbons (Fsp3) is 0.417. The Kier molecular flexibility index (Phi) is 5.59. The molecule has 0 radical (unpaired) electrons. The van der Waals surface area contributed by atoms with Gasteiger partial charge >= 0.3 is 5.97 Å². The lowest BCUT2D eigenvalue weighted by atomic mass is 10.2. The second-order valence-corrected chi connectivity index (χ2v) is 4.15. The first-order valence-electron chi connectivity index (χ1n) is 5.34. The molecule has 0 aliphatic rings. The van der Waals surface area contributed by atoms with E-state index in [4.69, 9.17) is 32.7 Å². The van der Waals surface area contributed by atoms with Gasteiger partial charge in [-0.15, -0.1) is 0 Å². The molecular formula is C12H14Cl2O3. The molecule has 0 N–H and O–H groups in total. The average Bonchev–Trinajstić information content (AvgIpc) is 2.30. The SMILES string of the molecule is CCOc1c(Cl)cc(COC(=O)CC)cc1Cl. The largest absolute Gasteiger partial charge is 0.491 e. The van der Waals surface area contributed by atoms with Crippen LogP contribution in [-0.4, -0.2) is 12.6 Å². The third kappa shape index (κ3) is 4.10. The smallest absolute Gasteiger partial charge is 0.305 e. The zero-order chi connectivity index (χ0) is 12.8. The van der Waals surface area contributed by atoms with Gasteiger partial charge in [-0.25, -0.2) is 0 Å². The molecule has 0 aliphatic heterocycles. The highest BCUT2D eigenvalue weighted by atomic mass is 35.5. The molecule has 0 amide bonds. The first-order valence-corrected chi connectivity index (χ1v) is 6.10. The van der Waals surface area contributed by atoms with Gasteiger partial charge in [0.25, 0.3) is 0 Å². The number of esters is 1. The van der Waals surface area contributed by atoms with Crippen molar-refractivity contribution in [1.29, 1.82) is 0 Å². The minimum atomic E-state index is -0.258. The highest BCUT2D eigenvalue weighted by molar-refractivity contribution is 6.37. The highest BCUT2D eigenvalue weighted by Gasteiger charge is 2.10. The molecule has 0 aromatic heterocycles. The Morgan fingerprint density at radius 1 is 1.24 bits per heavy atom. The van der Waals surface area contributed by atoms with Crippen LogP contribution in [0.2, 0.25) is 10.0 Å². The van der Waals surface area contributed by atoms with E-state index in [1.54, 1.807) is 19.1 Å². The molecule has 0 saturated heterocycles. The van der Waals surface area contributed by atoms with Gasteiger partial charge < -0.3 is 9.47 Å². The summed E-state index contributed by atoms with van der Waals surface area (Å²) >= 11 is 12.0. The Balaban J connectivity index is 2.79. The van der Waals surface area contributed by atoms with Crippen molar-refractivity contribution in [2.45, 2.75) is 26.9 Å². The van der Waals surface area contributed by atoms with E-state index in [9.17, 15) is 4.79 Å². The van der Waals surface area contributed by atoms with Gasteiger partial charge in [0.1, 0.15) is 6.61 Å². The Bertz CT molecular complexity index is 382. The summed E-state index contributed by atoms with van der Waals surface area (Å²) in [7, 11) is 0. The molecule has 0 atom stereocenters. The van der Waals surface area contributed by atoms with Crippen molar-refractivity contribution in [3.8, 4) is 5.75 Å². The van der Waals surface area contributed by atoms with Gasteiger partial charge in [-0.3, -0.25) is 4.79 Å². The van der Waals surface area contributed by atoms with E-state index in [1.165, 1.54) is 0 Å². The van der Waals surface area contributed by atoms with Gasteiger partial charge in [-0.05, 0) is 24.6 Å². The Labute approximate surface area is 111 Å². The van der Waals surface area contributed by atoms with Crippen LogP contribution in [0, 0.1) is 0 Å². The summed E-state index contributed by atoms with van der Waals surface area (Å²) in [6, 6.07) is 3.36. The molecule has 0 fully saturated rings. The molecule has 5 heteroatoms. The minimum Gasteiger partial charge on any atom is -0.491 e. The lowest BCUT2D eigenvalue weighted by molar-refractivity contribution is -0.144. The maximum absolute atomic E-state index is 11.0. The summed E-state index contributed by atoms with van der Waals surface area (Å²) in [5.74, 6) is 0.201. The van der Waals surface area contributed by atoms with Gasteiger partial charge in [0.15, 0.2) is 5.75 Å². The summed E-state index contributed by atoms with van der Waals surface area (Å²) in [4.78, 5) is 11.0. The van der Waals surface area contributed by atoms with E-state index in [2.05, 4.69) is 0 Å². The summed E-state index contributed by atoms with van der Waals surface area (Å²) in [5.41, 5.74) is 0.741. The van der Waals surface area contributed by atoms with Crippen LogP contribution in [0.1, 0.15) is 25.8 Å². The molecule has 0 saturated carbocycles. The standard InChI is InChI=1S/C12H14Cl2O3/c1-3-11(15)17-7-8-5-9(13)12(16-4-2)10(14)6-8/h5-6H,3-4,7H2,1-2H3. The summed E-state index contributed by atoms with van der Waals surface area (Å²) in [5, 5.41) is 0.837. The third-order valence-electron chi connectivity index (χ3n) is 2.04. The van der Waals surface area contributed by atoms with Crippen LogP contribution < -0.4 is 4.74 Å². The summed E-state index contributed by atoms with van der Waals surface area (Å²) in [6.45, 7) is 4.24. The predicted molar refractivity (Wildman–Crippen MR) is 67.7 cm³/mol. The Morgan fingerprint density at radius 3 is 2.29 bits per heavy atom. The van der Waals surface area contributed by atoms with Crippen LogP contribution >= 0.6 is 23.2 Å². The molecule has 0 spiro atoms. The zero-order valence-corrected chi connectivity index (χ0v) is 11.3. The molecule has 1 aromatic carbocycles. The molecule has 1 rings (SSSR count). The van der Waals surface area contributed by atoms with Crippen molar-refractivity contribution in [1.82, 2.24) is 0 Å². The molecular weight excluding hydrogens is 263 g/mol. The average molecular weight is 277 g/mol. The number of carbonyl (C=O) groups is 1. The van der Waals surface area contributed by atoms with Gasteiger partial charge in [-0.2, -0.15) is 0 Å². The monoisotopic (exact) mass is 276 g/mol. The van der Waals surface area contributed by atoms with E-state index in [0.717, 1.165) is 5.56 Å². The van der Waals surface area contributed by atoms with Crippen LogP contribution in [-0.2, 0) is 16.1 Å². The highest BCUT2D eigenvalue weighted by Crippen LogP contribution is 2.34. The van der Waals surface area contributed by atoms with Crippen LogP contribution in [0.15, 0.2) is 12.1 Å². The zero-order valence-electron chi connectivity index (χ0n) is 9.76. The second kappa shape index (κ2) is 6.72. The second-order valence-electron chi connectivity index (χ2n) is 3.34. The van der Waals surface area contributed by atoms with E-state index in [0.29, 0.717) is 28.8 Å². The molecule has 1 aromatic rings. The number of ether oxygens (including phenoxy) is 2. The molecule has 0 bridgehead atoms. The van der Waals surface area contributed by atoms with Crippen molar-refractivity contribution < 1.29 is 14.3 Å². The number of halogens is 2. The molecule has 17 heavy (non-hydrogen) atoms.